The first-order chi connectivity index (χ1) is 9.81. The van der Waals surface area contributed by atoms with Crippen LogP contribution in [-0.2, 0) is 4.74 Å². The van der Waals surface area contributed by atoms with Crippen molar-refractivity contribution in [2.45, 2.75) is 6.42 Å². The van der Waals surface area contributed by atoms with Crippen LogP contribution in [0.25, 0.3) is 0 Å². The molecule has 1 saturated heterocycles. The lowest BCUT2D eigenvalue weighted by atomic mass is 10.3. The van der Waals surface area contributed by atoms with Crippen LogP contribution in [0, 0.1) is 0 Å². The van der Waals surface area contributed by atoms with Crippen molar-refractivity contribution in [2.24, 2.45) is 0 Å². The van der Waals surface area contributed by atoms with Gasteiger partial charge in [-0.3, -0.25) is 9.69 Å². The van der Waals surface area contributed by atoms with Crippen LogP contribution in [0.5, 0.6) is 0 Å². The van der Waals surface area contributed by atoms with E-state index in [1.807, 2.05) is 21.7 Å². The van der Waals surface area contributed by atoms with Crippen LogP contribution in [0.4, 0.5) is 0 Å². The van der Waals surface area contributed by atoms with E-state index in [2.05, 4.69) is 4.90 Å². The van der Waals surface area contributed by atoms with Crippen LogP contribution >= 0.6 is 11.3 Å². The summed E-state index contributed by atoms with van der Waals surface area (Å²) >= 11 is 1.56. The maximum atomic E-state index is 12.3. The molecule has 0 aromatic carbocycles. The summed E-state index contributed by atoms with van der Waals surface area (Å²) in [5.74, 6) is 0.143. The van der Waals surface area contributed by atoms with Crippen molar-refractivity contribution >= 4 is 17.2 Å². The minimum Gasteiger partial charge on any atom is -0.394 e. The highest BCUT2D eigenvalue weighted by atomic mass is 32.1. The van der Waals surface area contributed by atoms with Crippen molar-refractivity contribution in [3.05, 3.63) is 22.4 Å². The number of ether oxygens (including phenoxy) is 1. The van der Waals surface area contributed by atoms with Crippen molar-refractivity contribution in [2.75, 3.05) is 52.5 Å². The van der Waals surface area contributed by atoms with Crippen LogP contribution in [0.2, 0.25) is 0 Å². The van der Waals surface area contributed by atoms with E-state index in [-0.39, 0.29) is 12.5 Å². The summed E-state index contributed by atoms with van der Waals surface area (Å²) in [5, 5.41) is 12.5. The summed E-state index contributed by atoms with van der Waals surface area (Å²) in [4.78, 5) is 16.5. The van der Waals surface area contributed by atoms with Gasteiger partial charge in [0.25, 0.3) is 5.91 Å². The van der Waals surface area contributed by atoms with Gasteiger partial charge in [-0.25, -0.2) is 0 Å². The fourth-order valence-electron chi connectivity index (χ4n) is 2.33. The van der Waals surface area contributed by atoms with Gasteiger partial charge < -0.3 is 14.7 Å². The first kappa shape index (κ1) is 15.4. The number of carbonyl (C=O) groups excluding carboxylic acids is 1. The third-order valence-electron chi connectivity index (χ3n) is 3.43. The number of carbonyl (C=O) groups is 1. The smallest absolute Gasteiger partial charge is 0.254 e. The topological polar surface area (TPSA) is 53.0 Å². The SMILES string of the molecule is O=C(c1ccsc1)N1CCCN(CCOCCO)CC1. The molecular weight excluding hydrogens is 276 g/mol. The van der Waals surface area contributed by atoms with Gasteiger partial charge >= 0.3 is 0 Å². The van der Waals surface area contributed by atoms with Gasteiger partial charge in [0.15, 0.2) is 0 Å². The zero-order valence-electron chi connectivity index (χ0n) is 11.7. The summed E-state index contributed by atoms with van der Waals surface area (Å²) in [6.07, 6.45) is 0.996. The number of thiophene rings is 1. The summed E-state index contributed by atoms with van der Waals surface area (Å²) < 4.78 is 5.29. The molecule has 1 N–H and O–H groups in total. The number of aliphatic hydroxyl groups excluding tert-OH is 1. The van der Waals surface area contributed by atoms with E-state index in [0.717, 1.165) is 44.7 Å². The molecule has 5 nitrogen and oxygen atoms in total. The minimum absolute atomic E-state index is 0.0723. The lowest BCUT2D eigenvalue weighted by Crippen LogP contribution is -2.36. The molecule has 1 aliphatic heterocycles. The Balaban J connectivity index is 1.76. The van der Waals surface area contributed by atoms with E-state index in [0.29, 0.717) is 13.2 Å². The molecule has 1 aromatic heterocycles. The molecule has 0 spiro atoms. The second-order valence-corrected chi connectivity index (χ2v) is 5.62. The highest BCUT2D eigenvalue weighted by molar-refractivity contribution is 7.08. The molecule has 1 aliphatic rings. The summed E-state index contributed by atoms with van der Waals surface area (Å²) in [6, 6.07) is 1.89. The molecule has 0 radical (unpaired) electrons. The summed E-state index contributed by atoms with van der Waals surface area (Å²) in [6.45, 7) is 5.45. The molecule has 0 unspecified atom stereocenters. The Hall–Kier alpha value is -0.950. The normalized spacial score (nSPS) is 17.1. The zero-order valence-corrected chi connectivity index (χ0v) is 12.5. The number of hydrogen-bond donors (Lipinski definition) is 1. The molecule has 1 fully saturated rings. The average Bonchev–Trinajstić information content (AvgIpc) is 2.89. The molecule has 112 valence electrons. The first-order valence-electron chi connectivity index (χ1n) is 7.03. The van der Waals surface area contributed by atoms with E-state index >= 15 is 0 Å². The van der Waals surface area contributed by atoms with Crippen molar-refractivity contribution in [1.29, 1.82) is 0 Å². The highest BCUT2D eigenvalue weighted by Crippen LogP contribution is 2.12. The van der Waals surface area contributed by atoms with Gasteiger partial charge in [0, 0.05) is 31.6 Å². The van der Waals surface area contributed by atoms with Crippen molar-refractivity contribution in [3.8, 4) is 0 Å². The predicted molar refractivity (Wildman–Crippen MR) is 79.2 cm³/mol. The Morgan fingerprint density at radius 1 is 1.30 bits per heavy atom. The summed E-state index contributed by atoms with van der Waals surface area (Å²) in [7, 11) is 0. The standard InChI is InChI=1S/C14H22N2O3S/c17-8-10-19-9-7-15-3-1-4-16(6-5-15)14(18)13-2-11-20-12-13/h2,11-12,17H,1,3-10H2. The van der Waals surface area contributed by atoms with Crippen LogP contribution < -0.4 is 0 Å². The van der Waals surface area contributed by atoms with Gasteiger partial charge in [-0.2, -0.15) is 11.3 Å². The van der Waals surface area contributed by atoms with Crippen molar-refractivity contribution < 1.29 is 14.6 Å². The van der Waals surface area contributed by atoms with E-state index < -0.39 is 0 Å². The third-order valence-corrected chi connectivity index (χ3v) is 4.11. The van der Waals surface area contributed by atoms with Gasteiger partial charge in [-0.05, 0) is 24.4 Å². The monoisotopic (exact) mass is 298 g/mol. The molecule has 0 aliphatic carbocycles. The van der Waals surface area contributed by atoms with E-state index in [1.54, 1.807) is 11.3 Å². The van der Waals surface area contributed by atoms with Crippen molar-refractivity contribution in [3.63, 3.8) is 0 Å². The molecule has 1 amide bonds. The molecular formula is C14H22N2O3S. The van der Waals surface area contributed by atoms with E-state index in [1.165, 1.54) is 0 Å². The molecule has 0 saturated carbocycles. The van der Waals surface area contributed by atoms with Gasteiger partial charge in [0.05, 0.1) is 25.4 Å². The molecule has 20 heavy (non-hydrogen) atoms. The fraction of sp³-hybridized carbons (Fsp3) is 0.643. The van der Waals surface area contributed by atoms with E-state index in [4.69, 9.17) is 9.84 Å². The highest BCUT2D eigenvalue weighted by Gasteiger charge is 2.20. The molecule has 0 bridgehead atoms. The van der Waals surface area contributed by atoms with Crippen molar-refractivity contribution in [1.82, 2.24) is 9.80 Å². The van der Waals surface area contributed by atoms with Crippen LogP contribution in [0.3, 0.4) is 0 Å². The lowest BCUT2D eigenvalue weighted by molar-refractivity contribution is 0.0712. The number of hydrogen-bond acceptors (Lipinski definition) is 5. The quantitative estimate of drug-likeness (QED) is 0.793. The van der Waals surface area contributed by atoms with Gasteiger partial charge in [-0.1, -0.05) is 0 Å². The second-order valence-electron chi connectivity index (χ2n) is 4.84. The number of nitrogens with zero attached hydrogens (tertiary/aromatic N) is 2. The zero-order chi connectivity index (χ0) is 14.2. The number of aliphatic hydroxyl groups is 1. The first-order valence-corrected chi connectivity index (χ1v) is 7.98. The molecule has 1 aromatic rings. The van der Waals surface area contributed by atoms with E-state index in [9.17, 15) is 4.79 Å². The fourth-order valence-corrected chi connectivity index (χ4v) is 2.96. The van der Waals surface area contributed by atoms with Crippen LogP contribution in [-0.4, -0.2) is 73.4 Å². The predicted octanol–water partition coefficient (Wildman–Crippen LogP) is 0.905. The Morgan fingerprint density at radius 3 is 2.95 bits per heavy atom. The Labute approximate surface area is 123 Å². The Bertz CT molecular complexity index is 397. The molecule has 2 heterocycles. The van der Waals surface area contributed by atoms with Crippen LogP contribution in [0.15, 0.2) is 16.8 Å². The number of amides is 1. The maximum absolute atomic E-state index is 12.3. The molecule has 0 atom stereocenters. The maximum Gasteiger partial charge on any atom is 0.254 e. The second kappa shape index (κ2) is 8.36. The molecule has 2 rings (SSSR count). The lowest BCUT2D eigenvalue weighted by Gasteiger charge is -2.21. The van der Waals surface area contributed by atoms with Gasteiger partial charge in [-0.15, -0.1) is 0 Å². The largest absolute Gasteiger partial charge is 0.394 e. The molecule has 6 heteroatoms. The Kier molecular flexibility index (Phi) is 6.46. The third kappa shape index (κ3) is 4.56. The minimum atomic E-state index is 0.0723. The summed E-state index contributed by atoms with van der Waals surface area (Å²) in [5.41, 5.74) is 0.801. The number of rotatable bonds is 6. The average molecular weight is 298 g/mol. The van der Waals surface area contributed by atoms with Gasteiger partial charge in [0.2, 0.25) is 0 Å². The Morgan fingerprint density at radius 2 is 2.20 bits per heavy atom. The van der Waals surface area contributed by atoms with Gasteiger partial charge in [0.1, 0.15) is 0 Å². The van der Waals surface area contributed by atoms with Crippen LogP contribution in [0.1, 0.15) is 16.8 Å².